The third-order valence-corrected chi connectivity index (χ3v) is 2.13. The molecule has 0 aliphatic rings. The quantitative estimate of drug-likeness (QED) is 0.787. The number of carboxylic acids is 1. The van der Waals surface area contributed by atoms with E-state index in [1.807, 2.05) is 0 Å². The molecule has 0 spiro atoms. The van der Waals surface area contributed by atoms with Crippen molar-refractivity contribution in [1.29, 1.82) is 0 Å². The minimum absolute atomic E-state index is 0.157. The highest BCUT2D eigenvalue weighted by Crippen LogP contribution is 2.13. The highest BCUT2D eigenvalue weighted by atomic mass is 18.2. The first-order chi connectivity index (χ1) is 8.13. The fraction of sp³-hybridized carbons (Fsp3) is 0.250. The molecular weight excluding hydrogens is 224 g/mol. The van der Waals surface area contributed by atoms with Gasteiger partial charge in [0.25, 0.3) is 0 Å². The molecule has 5 heteroatoms. The number of hydrogen-bond acceptors (Lipinski definition) is 3. The maximum atomic E-state index is 11.6. The van der Waals surface area contributed by atoms with Crippen LogP contribution in [0.5, 0.6) is 5.75 Å². The molecule has 1 aromatic carbocycles. The van der Waals surface area contributed by atoms with E-state index in [4.69, 9.17) is 15.6 Å². The molecule has 0 fully saturated rings. The minimum Gasteiger partial charge on any atom is -0.489 e. The Bertz CT molecular complexity index is 389. The molecule has 3 N–H and O–H groups in total. The molecule has 0 saturated heterocycles. The zero-order valence-electron chi connectivity index (χ0n) is 9.17. The number of aliphatic carboxylic acids is 1. The van der Waals surface area contributed by atoms with Gasteiger partial charge in [-0.1, -0.05) is 12.1 Å². The largest absolute Gasteiger partial charge is 0.489 e. The van der Waals surface area contributed by atoms with Crippen molar-refractivity contribution < 1.29 is 19.0 Å². The number of rotatable bonds is 6. The van der Waals surface area contributed by atoms with E-state index in [-0.39, 0.29) is 13.0 Å². The summed E-state index contributed by atoms with van der Waals surface area (Å²) in [7, 11) is 0. The molecule has 0 aliphatic carbocycles. The van der Waals surface area contributed by atoms with Gasteiger partial charge in [-0.05, 0) is 30.2 Å². The Balaban J connectivity index is 2.52. The molecule has 1 unspecified atom stereocenters. The standard InChI is InChI=1S/C12H14FNO3/c13-6-1-7-17-10-4-2-9(3-5-10)8-11(14)12(15)16/h1-6,11H,7-8,14H2,(H,15,16)/b6-1+/i13-1. The van der Waals surface area contributed by atoms with Gasteiger partial charge in [0.2, 0.25) is 0 Å². The van der Waals surface area contributed by atoms with Gasteiger partial charge in [0.05, 0.1) is 6.33 Å². The van der Waals surface area contributed by atoms with Gasteiger partial charge in [0.15, 0.2) is 0 Å². The number of hydrogen-bond donors (Lipinski definition) is 2. The average molecular weight is 238 g/mol. The molecule has 4 nitrogen and oxygen atoms in total. The van der Waals surface area contributed by atoms with Gasteiger partial charge in [-0.25, -0.2) is 4.39 Å². The van der Waals surface area contributed by atoms with Crippen LogP contribution in [-0.2, 0) is 11.2 Å². The summed E-state index contributed by atoms with van der Waals surface area (Å²) in [5.41, 5.74) is 6.22. The summed E-state index contributed by atoms with van der Waals surface area (Å²) in [4.78, 5) is 10.6. The van der Waals surface area contributed by atoms with E-state index in [9.17, 15) is 9.18 Å². The Morgan fingerprint density at radius 2 is 2.12 bits per heavy atom. The molecule has 1 atom stereocenters. The Morgan fingerprint density at radius 1 is 1.47 bits per heavy atom. The van der Waals surface area contributed by atoms with Gasteiger partial charge < -0.3 is 15.6 Å². The SMILES string of the molecule is NC(Cc1ccc(OC/C=C/[18F])cc1)C(=O)O. The first kappa shape index (κ1) is 13.2. The second kappa shape index (κ2) is 6.65. The van der Waals surface area contributed by atoms with Gasteiger partial charge in [0.1, 0.15) is 18.4 Å². The van der Waals surface area contributed by atoms with E-state index in [1.165, 1.54) is 6.08 Å². The van der Waals surface area contributed by atoms with E-state index >= 15 is 0 Å². The van der Waals surface area contributed by atoms with Crippen LogP contribution in [0.4, 0.5) is 4.39 Å². The molecule has 0 heterocycles. The smallest absolute Gasteiger partial charge is 0.320 e. The highest BCUT2D eigenvalue weighted by molar-refractivity contribution is 5.73. The van der Waals surface area contributed by atoms with Crippen LogP contribution in [0, 0.1) is 0 Å². The summed E-state index contributed by atoms with van der Waals surface area (Å²) in [5.74, 6) is -0.436. The van der Waals surface area contributed by atoms with E-state index in [0.29, 0.717) is 12.1 Å². The van der Waals surface area contributed by atoms with Crippen molar-refractivity contribution in [3.63, 3.8) is 0 Å². The summed E-state index contributed by atoms with van der Waals surface area (Å²) in [5, 5.41) is 8.65. The maximum Gasteiger partial charge on any atom is 0.320 e. The summed E-state index contributed by atoms with van der Waals surface area (Å²) >= 11 is 0. The lowest BCUT2D eigenvalue weighted by Crippen LogP contribution is -2.32. The van der Waals surface area contributed by atoms with Crippen molar-refractivity contribution in [1.82, 2.24) is 0 Å². The second-order valence-corrected chi connectivity index (χ2v) is 3.47. The molecule has 1 aromatic rings. The van der Waals surface area contributed by atoms with Gasteiger partial charge in [-0.2, -0.15) is 0 Å². The molecule has 0 amide bonds. The van der Waals surface area contributed by atoms with Crippen LogP contribution in [0.1, 0.15) is 5.56 Å². The normalized spacial score (nSPS) is 12.6. The van der Waals surface area contributed by atoms with Crippen molar-refractivity contribution in [3.05, 3.63) is 42.2 Å². The predicted octanol–water partition coefficient (Wildman–Crippen LogP) is 1.50. The lowest BCUT2D eigenvalue weighted by Gasteiger charge is -2.07. The van der Waals surface area contributed by atoms with Gasteiger partial charge in [-0.15, -0.1) is 0 Å². The van der Waals surface area contributed by atoms with Crippen LogP contribution in [-0.4, -0.2) is 23.7 Å². The average Bonchev–Trinajstić information content (AvgIpc) is 2.31. The lowest BCUT2D eigenvalue weighted by molar-refractivity contribution is -0.138. The Morgan fingerprint density at radius 3 is 2.65 bits per heavy atom. The number of benzene rings is 1. The van der Waals surface area contributed by atoms with E-state index < -0.39 is 12.0 Å². The number of ether oxygens (including phenoxy) is 1. The van der Waals surface area contributed by atoms with E-state index in [1.54, 1.807) is 24.3 Å². The molecule has 0 radical (unpaired) electrons. The molecule has 17 heavy (non-hydrogen) atoms. The first-order valence-electron chi connectivity index (χ1n) is 5.09. The molecule has 92 valence electrons. The lowest BCUT2D eigenvalue weighted by atomic mass is 10.1. The Kier molecular flexibility index (Phi) is 5.16. The molecule has 0 saturated carbocycles. The van der Waals surface area contributed by atoms with Crippen molar-refractivity contribution >= 4 is 5.97 Å². The molecule has 0 aromatic heterocycles. The van der Waals surface area contributed by atoms with E-state index in [2.05, 4.69) is 0 Å². The van der Waals surface area contributed by atoms with E-state index in [0.717, 1.165) is 5.56 Å². The highest BCUT2D eigenvalue weighted by Gasteiger charge is 2.11. The number of carboxylic acid groups (broad SMARTS) is 1. The van der Waals surface area contributed by atoms with Crippen LogP contribution in [0.15, 0.2) is 36.7 Å². The van der Waals surface area contributed by atoms with Crippen molar-refractivity contribution in [2.75, 3.05) is 6.61 Å². The monoisotopic (exact) mass is 238 g/mol. The van der Waals surface area contributed by atoms with Crippen LogP contribution in [0.25, 0.3) is 0 Å². The van der Waals surface area contributed by atoms with Gasteiger partial charge in [-0.3, -0.25) is 4.79 Å². The summed E-state index contributed by atoms with van der Waals surface area (Å²) < 4.78 is 16.8. The van der Waals surface area contributed by atoms with Crippen LogP contribution < -0.4 is 10.5 Å². The first-order valence-corrected chi connectivity index (χ1v) is 5.09. The number of nitrogens with two attached hydrogens (primary N) is 1. The Hall–Kier alpha value is -1.88. The summed E-state index contributed by atoms with van der Waals surface area (Å²) in [6.45, 7) is 0.157. The third-order valence-electron chi connectivity index (χ3n) is 2.13. The molecular formula is C12H14FNO3. The Labute approximate surface area is 98.5 Å². The van der Waals surface area contributed by atoms with Crippen molar-refractivity contribution in [3.8, 4) is 5.75 Å². The zero-order chi connectivity index (χ0) is 12.7. The van der Waals surface area contributed by atoms with Crippen LogP contribution in [0.2, 0.25) is 0 Å². The zero-order valence-corrected chi connectivity index (χ0v) is 9.17. The molecule has 0 aliphatic heterocycles. The number of carbonyl (C=O) groups is 1. The summed E-state index contributed by atoms with van der Waals surface area (Å²) in [6.07, 6.45) is 1.93. The van der Waals surface area contributed by atoms with Crippen molar-refractivity contribution in [2.45, 2.75) is 12.5 Å². The number of halogens is 1. The molecule has 0 bridgehead atoms. The topological polar surface area (TPSA) is 72.5 Å². The minimum atomic E-state index is -1.03. The predicted molar refractivity (Wildman–Crippen MR) is 61.5 cm³/mol. The van der Waals surface area contributed by atoms with Gasteiger partial charge in [0, 0.05) is 0 Å². The van der Waals surface area contributed by atoms with Crippen LogP contribution >= 0.6 is 0 Å². The van der Waals surface area contributed by atoms with Crippen molar-refractivity contribution in [2.24, 2.45) is 5.73 Å². The maximum absolute atomic E-state index is 11.6. The van der Waals surface area contributed by atoms with Crippen LogP contribution in [0.3, 0.4) is 0 Å². The molecule has 1 rings (SSSR count). The third kappa shape index (κ3) is 4.65. The van der Waals surface area contributed by atoms with Gasteiger partial charge >= 0.3 is 5.97 Å². The second-order valence-electron chi connectivity index (χ2n) is 3.47. The fourth-order valence-corrected chi connectivity index (χ4v) is 1.24. The summed E-state index contributed by atoms with van der Waals surface area (Å²) in [6, 6.07) is 5.94. The fourth-order valence-electron chi connectivity index (χ4n) is 1.24.